The van der Waals surface area contributed by atoms with Crippen molar-refractivity contribution in [1.82, 2.24) is 10.5 Å². The van der Waals surface area contributed by atoms with Crippen molar-refractivity contribution in [2.45, 2.75) is 45.9 Å². The van der Waals surface area contributed by atoms with Gasteiger partial charge in [-0.05, 0) is 26.7 Å². The Labute approximate surface area is 129 Å². The highest BCUT2D eigenvalue weighted by Gasteiger charge is 2.18. The number of anilines is 1. The van der Waals surface area contributed by atoms with E-state index in [1.165, 1.54) is 11.8 Å². The normalized spacial score (nSPS) is 13.8. The fraction of sp³-hybridized carbons (Fsp3) is 0.643. The van der Waals surface area contributed by atoms with E-state index in [0.717, 1.165) is 0 Å². The summed E-state index contributed by atoms with van der Waals surface area (Å²) >= 11 is 1.29. The van der Waals surface area contributed by atoms with E-state index in [0.29, 0.717) is 17.5 Å². The number of carbonyl (C=O) groups is 2. The van der Waals surface area contributed by atoms with Crippen LogP contribution in [0.3, 0.4) is 0 Å². The van der Waals surface area contributed by atoms with Crippen LogP contribution in [0.1, 0.15) is 33.5 Å². The van der Waals surface area contributed by atoms with Crippen molar-refractivity contribution in [1.29, 1.82) is 0 Å². The molecule has 0 unspecified atom stereocenters. The quantitative estimate of drug-likeness (QED) is 0.806. The van der Waals surface area contributed by atoms with Crippen molar-refractivity contribution in [3.05, 3.63) is 11.8 Å². The Hall–Kier alpha value is -1.50. The summed E-state index contributed by atoms with van der Waals surface area (Å²) in [5, 5.41) is 8.91. The van der Waals surface area contributed by atoms with Gasteiger partial charge in [-0.2, -0.15) is 0 Å². The maximum absolute atomic E-state index is 11.9. The van der Waals surface area contributed by atoms with Crippen LogP contribution in [0.4, 0.5) is 5.82 Å². The van der Waals surface area contributed by atoms with Gasteiger partial charge in [0, 0.05) is 12.1 Å². The van der Waals surface area contributed by atoms with Gasteiger partial charge in [-0.3, -0.25) is 9.59 Å². The van der Waals surface area contributed by atoms with Crippen LogP contribution < -0.4 is 10.6 Å². The molecule has 1 aromatic heterocycles. The standard InChI is InChI=1S/C14H23N3O3S/c1-8(2)10(4)15-13(18)7-21-11(5)14(19)16-12-6-9(3)20-17-12/h6,8,10-11H,7H2,1-5H3,(H,15,18)(H,16,17,19)/t10-,11+/m1/s1. The minimum atomic E-state index is -0.345. The molecule has 0 aliphatic carbocycles. The second kappa shape index (κ2) is 8.07. The van der Waals surface area contributed by atoms with Gasteiger partial charge < -0.3 is 15.2 Å². The zero-order valence-corrected chi connectivity index (χ0v) is 13.9. The van der Waals surface area contributed by atoms with E-state index in [1.807, 2.05) is 20.8 Å². The molecule has 1 aromatic rings. The van der Waals surface area contributed by atoms with Crippen molar-refractivity contribution in [3.8, 4) is 0 Å². The molecule has 21 heavy (non-hydrogen) atoms. The molecule has 1 rings (SSSR count). The zero-order valence-electron chi connectivity index (χ0n) is 13.1. The molecule has 118 valence electrons. The second-order valence-electron chi connectivity index (χ2n) is 5.37. The third kappa shape index (κ3) is 6.20. The fourth-order valence-corrected chi connectivity index (χ4v) is 2.09. The van der Waals surface area contributed by atoms with Crippen LogP contribution in [0.15, 0.2) is 10.6 Å². The number of nitrogens with zero attached hydrogens (tertiary/aromatic N) is 1. The van der Waals surface area contributed by atoms with Gasteiger partial charge in [-0.1, -0.05) is 19.0 Å². The first-order chi connectivity index (χ1) is 9.79. The first-order valence-electron chi connectivity index (χ1n) is 6.94. The van der Waals surface area contributed by atoms with E-state index in [-0.39, 0.29) is 28.9 Å². The van der Waals surface area contributed by atoms with Crippen molar-refractivity contribution in [2.75, 3.05) is 11.1 Å². The summed E-state index contributed by atoms with van der Waals surface area (Å²) in [7, 11) is 0. The minimum absolute atomic E-state index is 0.0573. The summed E-state index contributed by atoms with van der Waals surface area (Å²) in [5.41, 5.74) is 0. The zero-order chi connectivity index (χ0) is 16.0. The maximum atomic E-state index is 11.9. The van der Waals surface area contributed by atoms with Gasteiger partial charge in [0.25, 0.3) is 0 Å². The Morgan fingerprint density at radius 1 is 1.33 bits per heavy atom. The topological polar surface area (TPSA) is 84.2 Å². The molecule has 7 heteroatoms. The second-order valence-corrected chi connectivity index (χ2v) is 6.69. The highest BCUT2D eigenvalue weighted by atomic mass is 32.2. The Bertz CT molecular complexity index is 488. The number of rotatable bonds is 7. The van der Waals surface area contributed by atoms with Crippen LogP contribution in [0, 0.1) is 12.8 Å². The van der Waals surface area contributed by atoms with Crippen LogP contribution in [-0.4, -0.2) is 34.0 Å². The molecule has 0 aliphatic heterocycles. The lowest BCUT2D eigenvalue weighted by molar-refractivity contribution is -0.119. The Kier molecular flexibility index (Phi) is 6.74. The monoisotopic (exact) mass is 313 g/mol. The Balaban J connectivity index is 2.34. The average molecular weight is 313 g/mol. The molecule has 0 fully saturated rings. The molecule has 0 aliphatic rings. The molecule has 1 heterocycles. The summed E-state index contributed by atoms with van der Waals surface area (Å²) in [6.07, 6.45) is 0. The number of aryl methyl sites for hydroxylation is 1. The van der Waals surface area contributed by atoms with Crippen LogP contribution in [0.25, 0.3) is 0 Å². The number of carbonyl (C=O) groups excluding carboxylic acids is 2. The summed E-state index contributed by atoms with van der Waals surface area (Å²) in [4.78, 5) is 23.7. The lowest BCUT2D eigenvalue weighted by atomic mass is 10.1. The van der Waals surface area contributed by atoms with Crippen molar-refractivity contribution >= 4 is 29.4 Å². The molecule has 0 spiro atoms. The van der Waals surface area contributed by atoms with Crippen LogP contribution in [0.5, 0.6) is 0 Å². The van der Waals surface area contributed by atoms with Gasteiger partial charge in [-0.25, -0.2) is 0 Å². The average Bonchev–Trinajstić information content (AvgIpc) is 2.81. The maximum Gasteiger partial charge on any atom is 0.238 e. The molecule has 0 aromatic carbocycles. The first-order valence-corrected chi connectivity index (χ1v) is 7.99. The molecule has 0 radical (unpaired) electrons. The van der Waals surface area contributed by atoms with Gasteiger partial charge >= 0.3 is 0 Å². The molecule has 0 saturated carbocycles. The van der Waals surface area contributed by atoms with Gasteiger partial charge in [0.1, 0.15) is 5.76 Å². The molecule has 0 saturated heterocycles. The van der Waals surface area contributed by atoms with E-state index >= 15 is 0 Å². The number of hydrogen-bond acceptors (Lipinski definition) is 5. The number of thioether (sulfide) groups is 1. The highest BCUT2D eigenvalue weighted by Crippen LogP contribution is 2.14. The van der Waals surface area contributed by atoms with Crippen LogP contribution >= 0.6 is 11.8 Å². The minimum Gasteiger partial charge on any atom is -0.360 e. The van der Waals surface area contributed by atoms with Crippen molar-refractivity contribution in [3.63, 3.8) is 0 Å². The number of aromatic nitrogens is 1. The van der Waals surface area contributed by atoms with E-state index in [1.54, 1.807) is 19.9 Å². The van der Waals surface area contributed by atoms with E-state index in [4.69, 9.17) is 4.52 Å². The Morgan fingerprint density at radius 2 is 2.00 bits per heavy atom. The number of amides is 2. The van der Waals surface area contributed by atoms with E-state index in [2.05, 4.69) is 15.8 Å². The van der Waals surface area contributed by atoms with Crippen molar-refractivity contribution in [2.24, 2.45) is 5.92 Å². The van der Waals surface area contributed by atoms with E-state index in [9.17, 15) is 9.59 Å². The largest absolute Gasteiger partial charge is 0.360 e. The van der Waals surface area contributed by atoms with Crippen LogP contribution in [0.2, 0.25) is 0 Å². The Morgan fingerprint density at radius 3 is 2.52 bits per heavy atom. The molecule has 2 atom stereocenters. The third-order valence-corrected chi connectivity index (χ3v) is 4.24. The molecule has 2 amide bonds. The van der Waals surface area contributed by atoms with Crippen LogP contribution in [-0.2, 0) is 9.59 Å². The van der Waals surface area contributed by atoms with Gasteiger partial charge in [0.05, 0.1) is 11.0 Å². The SMILES string of the molecule is Cc1cc(NC(=O)[C@H](C)SCC(=O)N[C@H](C)C(C)C)no1. The van der Waals surface area contributed by atoms with Gasteiger partial charge in [0.2, 0.25) is 11.8 Å². The van der Waals surface area contributed by atoms with E-state index < -0.39 is 0 Å². The van der Waals surface area contributed by atoms with Gasteiger partial charge in [-0.15, -0.1) is 11.8 Å². The molecule has 0 bridgehead atoms. The highest BCUT2D eigenvalue weighted by molar-refractivity contribution is 8.01. The van der Waals surface area contributed by atoms with Crippen molar-refractivity contribution < 1.29 is 14.1 Å². The molecular formula is C14H23N3O3S. The summed E-state index contributed by atoms with van der Waals surface area (Å²) in [6, 6.07) is 1.77. The predicted molar refractivity (Wildman–Crippen MR) is 84.2 cm³/mol. The lowest BCUT2D eigenvalue weighted by Crippen LogP contribution is -2.37. The number of nitrogens with one attached hydrogen (secondary N) is 2. The first kappa shape index (κ1) is 17.6. The molecular weight excluding hydrogens is 290 g/mol. The number of hydrogen-bond donors (Lipinski definition) is 2. The third-order valence-electron chi connectivity index (χ3n) is 3.10. The molecule has 6 nitrogen and oxygen atoms in total. The van der Waals surface area contributed by atoms with Gasteiger partial charge in [0.15, 0.2) is 5.82 Å². The fourth-order valence-electron chi connectivity index (χ4n) is 1.39. The summed E-state index contributed by atoms with van der Waals surface area (Å²) < 4.78 is 4.87. The summed E-state index contributed by atoms with van der Waals surface area (Å²) in [6.45, 7) is 9.57. The smallest absolute Gasteiger partial charge is 0.238 e. The predicted octanol–water partition coefficient (Wildman–Crippen LogP) is 2.20. The molecule has 2 N–H and O–H groups in total. The lowest BCUT2D eigenvalue weighted by Gasteiger charge is -2.18. The summed E-state index contributed by atoms with van der Waals surface area (Å²) in [5.74, 6) is 1.41.